The third-order valence-electron chi connectivity index (χ3n) is 4.02. The van der Waals surface area contributed by atoms with E-state index in [0.29, 0.717) is 11.6 Å². The second-order valence-electron chi connectivity index (χ2n) is 6.01. The lowest BCUT2D eigenvalue weighted by atomic mass is 10.1. The highest BCUT2D eigenvalue weighted by Crippen LogP contribution is 2.28. The molecule has 1 aliphatic rings. The average Bonchev–Trinajstić information content (AvgIpc) is 2.99. The van der Waals surface area contributed by atoms with Gasteiger partial charge in [-0.15, -0.1) is 0 Å². The van der Waals surface area contributed by atoms with Crippen molar-refractivity contribution in [1.29, 1.82) is 0 Å². The molecule has 130 valence electrons. The van der Waals surface area contributed by atoms with Gasteiger partial charge in [0.15, 0.2) is 0 Å². The van der Waals surface area contributed by atoms with Gasteiger partial charge < -0.3 is 9.64 Å². The minimum Gasteiger partial charge on any atom is -0.474 e. The highest BCUT2D eigenvalue weighted by atomic mass is 19.4. The molecule has 0 amide bonds. The molecule has 0 saturated carbocycles. The van der Waals surface area contributed by atoms with Crippen molar-refractivity contribution in [3.05, 3.63) is 41.9 Å². The van der Waals surface area contributed by atoms with Gasteiger partial charge in [-0.2, -0.15) is 18.3 Å². The fourth-order valence-electron chi connectivity index (χ4n) is 2.65. The highest BCUT2D eigenvalue weighted by Gasteiger charge is 2.32. The number of rotatable bonds is 4. The summed E-state index contributed by atoms with van der Waals surface area (Å²) in [6.07, 6.45) is -0.575. The standard InChI is InChI=1S/C16H19F3N4O/c1-22-7-5-14(6-8-22)24-15-4-2-3-13(21-15)11-23-10-12(9-20-23)16(17,18)19/h2-4,9-10,14H,5-8,11H2,1H3. The van der Waals surface area contributed by atoms with Gasteiger partial charge in [-0.25, -0.2) is 4.98 Å². The maximum Gasteiger partial charge on any atom is 0.419 e. The van der Waals surface area contributed by atoms with E-state index in [9.17, 15) is 13.2 Å². The van der Waals surface area contributed by atoms with Crippen LogP contribution in [0.4, 0.5) is 13.2 Å². The number of alkyl halides is 3. The van der Waals surface area contributed by atoms with Crippen molar-refractivity contribution in [3.63, 3.8) is 0 Å². The number of ether oxygens (including phenoxy) is 1. The molecular formula is C16H19F3N4O. The first-order chi connectivity index (χ1) is 11.4. The largest absolute Gasteiger partial charge is 0.474 e. The lowest BCUT2D eigenvalue weighted by Gasteiger charge is -2.28. The Morgan fingerprint density at radius 1 is 1.25 bits per heavy atom. The number of aromatic nitrogens is 3. The van der Waals surface area contributed by atoms with E-state index in [1.54, 1.807) is 18.2 Å². The van der Waals surface area contributed by atoms with Crippen LogP contribution in [-0.2, 0) is 12.7 Å². The molecular weight excluding hydrogens is 321 g/mol. The SMILES string of the molecule is CN1CCC(Oc2cccc(Cn3cc(C(F)(F)F)cn3)n2)CC1. The smallest absolute Gasteiger partial charge is 0.419 e. The third-order valence-corrected chi connectivity index (χ3v) is 4.02. The van der Waals surface area contributed by atoms with Gasteiger partial charge in [-0.05, 0) is 26.0 Å². The number of piperidine rings is 1. The first-order valence-electron chi connectivity index (χ1n) is 7.81. The van der Waals surface area contributed by atoms with E-state index in [4.69, 9.17) is 4.74 Å². The van der Waals surface area contributed by atoms with Gasteiger partial charge in [0.2, 0.25) is 5.88 Å². The van der Waals surface area contributed by atoms with Gasteiger partial charge >= 0.3 is 6.18 Å². The predicted octanol–water partition coefficient (Wildman–Crippen LogP) is 2.82. The average molecular weight is 340 g/mol. The van der Waals surface area contributed by atoms with E-state index in [-0.39, 0.29) is 12.6 Å². The number of halogens is 3. The quantitative estimate of drug-likeness (QED) is 0.858. The summed E-state index contributed by atoms with van der Waals surface area (Å²) in [5, 5.41) is 3.74. The zero-order valence-electron chi connectivity index (χ0n) is 13.3. The number of likely N-dealkylation sites (tertiary alicyclic amines) is 1. The van der Waals surface area contributed by atoms with Crippen molar-refractivity contribution in [1.82, 2.24) is 19.7 Å². The number of hydrogen-bond acceptors (Lipinski definition) is 4. The number of hydrogen-bond donors (Lipinski definition) is 0. The molecule has 1 saturated heterocycles. The fraction of sp³-hybridized carbons (Fsp3) is 0.500. The summed E-state index contributed by atoms with van der Waals surface area (Å²) in [6.45, 7) is 2.14. The summed E-state index contributed by atoms with van der Waals surface area (Å²) in [4.78, 5) is 6.62. The van der Waals surface area contributed by atoms with Crippen molar-refractivity contribution >= 4 is 0 Å². The monoisotopic (exact) mass is 340 g/mol. The highest BCUT2D eigenvalue weighted by molar-refractivity contribution is 5.17. The number of nitrogens with zero attached hydrogens (tertiary/aromatic N) is 4. The minimum atomic E-state index is -4.38. The summed E-state index contributed by atoms with van der Waals surface area (Å²) in [6, 6.07) is 5.31. The van der Waals surface area contributed by atoms with E-state index >= 15 is 0 Å². The van der Waals surface area contributed by atoms with Crippen LogP contribution >= 0.6 is 0 Å². The molecule has 0 N–H and O–H groups in total. The Morgan fingerprint density at radius 3 is 2.67 bits per heavy atom. The van der Waals surface area contributed by atoms with Gasteiger partial charge in [-0.3, -0.25) is 4.68 Å². The van der Waals surface area contributed by atoms with Crippen LogP contribution in [0.2, 0.25) is 0 Å². The van der Waals surface area contributed by atoms with Crippen molar-refractivity contribution in [2.75, 3.05) is 20.1 Å². The molecule has 0 radical (unpaired) electrons. The van der Waals surface area contributed by atoms with Gasteiger partial charge in [0.1, 0.15) is 6.10 Å². The summed E-state index contributed by atoms with van der Waals surface area (Å²) in [5.41, 5.74) is -0.154. The second-order valence-corrected chi connectivity index (χ2v) is 6.01. The Kier molecular flexibility index (Phi) is 4.75. The molecule has 0 bridgehead atoms. The lowest BCUT2D eigenvalue weighted by Crippen LogP contribution is -2.35. The van der Waals surface area contributed by atoms with Crippen LogP contribution in [0.1, 0.15) is 24.1 Å². The molecule has 5 nitrogen and oxygen atoms in total. The lowest BCUT2D eigenvalue weighted by molar-refractivity contribution is -0.137. The zero-order valence-corrected chi connectivity index (χ0v) is 13.3. The van der Waals surface area contributed by atoms with Crippen LogP contribution < -0.4 is 4.74 Å². The summed E-state index contributed by atoms with van der Waals surface area (Å²) in [5.74, 6) is 0.505. The number of pyridine rings is 1. The predicted molar refractivity (Wildman–Crippen MR) is 81.7 cm³/mol. The van der Waals surface area contributed by atoms with E-state index < -0.39 is 11.7 Å². The summed E-state index contributed by atoms with van der Waals surface area (Å²) < 4.78 is 44.9. The van der Waals surface area contributed by atoms with Crippen LogP contribution in [-0.4, -0.2) is 45.9 Å². The van der Waals surface area contributed by atoms with Crippen molar-refractivity contribution in [3.8, 4) is 5.88 Å². The zero-order chi connectivity index (χ0) is 17.2. The van der Waals surface area contributed by atoms with E-state index in [1.807, 2.05) is 0 Å². The van der Waals surface area contributed by atoms with Gasteiger partial charge in [-0.1, -0.05) is 6.07 Å². The molecule has 24 heavy (non-hydrogen) atoms. The molecule has 3 rings (SSSR count). The molecule has 1 fully saturated rings. The molecule has 2 aromatic heterocycles. The maximum atomic E-state index is 12.6. The van der Waals surface area contributed by atoms with E-state index in [0.717, 1.165) is 38.3 Å². The topological polar surface area (TPSA) is 43.2 Å². The first kappa shape index (κ1) is 16.8. The van der Waals surface area contributed by atoms with Crippen LogP contribution in [0.5, 0.6) is 5.88 Å². The van der Waals surface area contributed by atoms with Crippen LogP contribution in [0.15, 0.2) is 30.6 Å². The fourth-order valence-corrected chi connectivity index (χ4v) is 2.65. The Hall–Kier alpha value is -2.09. The molecule has 0 aromatic carbocycles. The van der Waals surface area contributed by atoms with Crippen molar-refractivity contribution in [2.24, 2.45) is 0 Å². The molecule has 0 unspecified atom stereocenters. The van der Waals surface area contributed by atoms with E-state index in [1.165, 1.54) is 4.68 Å². The van der Waals surface area contributed by atoms with E-state index in [2.05, 4.69) is 22.0 Å². The molecule has 0 atom stereocenters. The normalized spacial score (nSPS) is 17.2. The Labute approximate surface area is 138 Å². The molecule has 0 spiro atoms. The second kappa shape index (κ2) is 6.80. The summed E-state index contributed by atoms with van der Waals surface area (Å²) >= 11 is 0. The minimum absolute atomic E-state index is 0.130. The van der Waals surface area contributed by atoms with Crippen LogP contribution in [0.3, 0.4) is 0 Å². The molecule has 1 aliphatic heterocycles. The van der Waals surface area contributed by atoms with Gasteiger partial charge in [0.25, 0.3) is 0 Å². The molecule has 0 aliphatic carbocycles. The Morgan fingerprint density at radius 2 is 2.00 bits per heavy atom. The maximum absolute atomic E-state index is 12.6. The first-order valence-corrected chi connectivity index (χ1v) is 7.81. The Balaban J connectivity index is 1.64. The third kappa shape index (κ3) is 4.25. The van der Waals surface area contributed by atoms with Crippen molar-refractivity contribution in [2.45, 2.75) is 31.7 Å². The molecule has 2 aromatic rings. The van der Waals surface area contributed by atoms with Gasteiger partial charge in [0, 0.05) is 25.4 Å². The van der Waals surface area contributed by atoms with Crippen molar-refractivity contribution < 1.29 is 17.9 Å². The molecule has 8 heteroatoms. The summed E-state index contributed by atoms with van der Waals surface area (Å²) in [7, 11) is 2.08. The van der Waals surface area contributed by atoms with Crippen LogP contribution in [0.25, 0.3) is 0 Å². The van der Waals surface area contributed by atoms with Crippen LogP contribution in [0, 0.1) is 0 Å². The Bertz CT molecular complexity index is 678. The molecule has 3 heterocycles. The van der Waals surface area contributed by atoms with Gasteiger partial charge in [0.05, 0.1) is 24.0 Å².